The number of methoxy groups -OCH3 is 1. The predicted octanol–water partition coefficient (Wildman–Crippen LogP) is 2.35. The lowest BCUT2D eigenvalue weighted by Crippen LogP contribution is -2.32. The molecule has 0 saturated heterocycles. The van der Waals surface area contributed by atoms with E-state index < -0.39 is 5.92 Å². The van der Waals surface area contributed by atoms with Gasteiger partial charge in [0.2, 0.25) is 11.8 Å². The number of hydrogen-bond donors (Lipinski definition) is 2. The maximum atomic E-state index is 12.3. The lowest BCUT2D eigenvalue weighted by Gasteiger charge is -2.13. The van der Waals surface area contributed by atoms with Gasteiger partial charge in [-0.15, -0.1) is 0 Å². The molecule has 0 fully saturated rings. The van der Waals surface area contributed by atoms with Gasteiger partial charge in [0, 0.05) is 13.0 Å². The summed E-state index contributed by atoms with van der Waals surface area (Å²) in [4.78, 5) is 24.5. The number of rotatable bonds is 5. The Hall–Kier alpha value is -3.02. The number of hydrogen-bond acceptors (Lipinski definition) is 4. The Morgan fingerprint density at radius 1 is 1.28 bits per heavy atom. The van der Waals surface area contributed by atoms with Crippen LogP contribution in [0.25, 0.3) is 0 Å². The summed E-state index contributed by atoms with van der Waals surface area (Å²) < 4.78 is 10.8. The third-order valence-corrected chi connectivity index (χ3v) is 4.01. The van der Waals surface area contributed by atoms with E-state index in [1.807, 2.05) is 36.4 Å². The van der Waals surface area contributed by atoms with Crippen molar-refractivity contribution >= 4 is 17.5 Å². The zero-order chi connectivity index (χ0) is 17.6. The van der Waals surface area contributed by atoms with Crippen molar-refractivity contribution in [3.8, 4) is 11.5 Å². The van der Waals surface area contributed by atoms with Crippen LogP contribution in [-0.2, 0) is 16.1 Å². The molecule has 25 heavy (non-hydrogen) atoms. The van der Waals surface area contributed by atoms with E-state index in [0.29, 0.717) is 18.0 Å². The lowest BCUT2D eigenvalue weighted by molar-refractivity contribution is -0.128. The lowest BCUT2D eigenvalue weighted by atomic mass is 10.1. The van der Waals surface area contributed by atoms with Gasteiger partial charge in [0.25, 0.3) is 0 Å². The summed E-state index contributed by atoms with van der Waals surface area (Å²) in [5.74, 6) is 0.424. The van der Waals surface area contributed by atoms with Crippen molar-refractivity contribution in [1.29, 1.82) is 0 Å². The highest BCUT2D eigenvalue weighted by atomic mass is 16.5. The molecule has 2 amide bonds. The summed E-state index contributed by atoms with van der Waals surface area (Å²) >= 11 is 0. The second-order valence-electron chi connectivity index (χ2n) is 5.83. The molecule has 0 spiro atoms. The molecule has 6 nitrogen and oxygen atoms in total. The summed E-state index contributed by atoms with van der Waals surface area (Å²) in [6, 6.07) is 14.7. The van der Waals surface area contributed by atoms with E-state index in [2.05, 4.69) is 10.6 Å². The molecule has 1 aliphatic heterocycles. The third-order valence-electron chi connectivity index (χ3n) is 4.01. The van der Waals surface area contributed by atoms with Crippen molar-refractivity contribution < 1.29 is 19.1 Å². The number of anilines is 1. The molecule has 1 atom stereocenters. The molecule has 0 saturated carbocycles. The molecule has 2 aromatic carbocycles. The maximum absolute atomic E-state index is 12.3. The van der Waals surface area contributed by atoms with Gasteiger partial charge in [-0.1, -0.05) is 24.3 Å². The van der Waals surface area contributed by atoms with E-state index in [-0.39, 0.29) is 24.8 Å². The first-order valence-corrected chi connectivity index (χ1v) is 8.08. The van der Waals surface area contributed by atoms with E-state index in [1.54, 1.807) is 19.2 Å². The summed E-state index contributed by atoms with van der Waals surface area (Å²) in [5, 5.41) is 5.64. The smallest absolute Gasteiger partial charge is 0.231 e. The van der Waals surface area contributed by atoms with Gasteiger partial charge in [0.05, 0.1) is 18.7 Å². The van der Waals surface area contributed by atoms with Crippen LogP contribution in [0.4, 0.5) is 5.69 Å². The quantitative estimate of drug-likeness (QED) is 0.876. The standard InChI is InChI=1S/C19H20N2O4/c1-24-15-6-4-5-13(9-15)11-20-18(22)10-14-12-25-17-8-3-2-7-16(17)21-19(14)23/h2-9,14H,10-12H2,1H3,(H,20,22)(H,21,23)/t14-/m0/s1. The first-order valence-electron chi connectivity index (χ1n) is 8.08. The fraction of sp³-hybridized carbons (Fsp3) is 0.263. The van der Waals surface area contributed by atoms with Gasteiger partial charge in [-0.05, 0) is 29.8 Å². The highest BCUT2D eigenvalue weighted by Gasteiger charge is 2.26. The van der Waals surface area contributed by atoms with E-state index in [9.17, 15) is 9.59 Å². The number of benzene rings is 2. The minimum absolute atomic E-state index is 0.0732. The van der Waals surface area contributed by atoms with Crippen LogP contribution in [0.15, 0.2) is 48.5 Å². The van der Waals surface area contributed by atoms with E-state index >= 15 is 0 Å². The van der Waals surface area contributed by atoms with Crippen LogP contribution in [0.5, 0.6) is 11.5 Å². The second kappa shape index (κ2) is 7.70. The van der Waals surface area contributed by atoms with Gasteiger partial charge in [-0.25, -0.2) is 0 Å². The molecule has 0 radical (unpaired) electrons. The number of ether oxygens (including phenoxy) is 2. The Balaban J connectivity index is 1.55. The molecular formula is C19H20N2O4. The van der Waals surface area contributed by atoms with Crippen LogP contribution in [0.3, 0.4) is 0 Å². The molecule has 3 rings (SSSR count). The van der Waals surface area contributed by atoms with E-state index in [4.69, 9.17) is 9.47 Å². The first-order chi connectivity index (χ1) is 12.2. The Morgan fingerprint density at radius 3 is 2.96 bits per heavy atom. The van der Waals surface area contributed by atoms with Crippen molar-refractivity contribution in [1.82, 2.24) is 5.32 Å². The van der Waals surface area contributed by atoms with Crippen LogP contribution < -0.4 is 20.1 Å². The Morgan fingerprint density at radius 2 is 2.12 bits per heavy atom. The zero-order valence-electron chi connectivity index (χ0n) is 14.0. The largest absolute Gasteiger partial charge is 0.497 e. The molecule has 130 valence electrons. The Labute approximate surface area is 146 Å². The highest BCUT2D eigenvalue weighted by molar-refractivity contribution is 5.97. The molecule has 0 aliphatic carbocycles. The molecule has 0 aromatic heterocycles. The number of para-hydroxylation sites is 2. The summed E-state index contributed by atoms with van der Waals surface area (Å²) in [6.45, 7) is 0.556. The second-order valence-corrected chi connectivity index (χ2v) is 5.83. The minimum Gasteiger partial charge on any atom is -0.497 e. The van der Waals surface area contributed by atoms with E-state index in [1.165, 1.54) is 0 Å². The molecule has 6 heteroatoms. The molecule has 2 N–H and O–H groups in total. The van der Waals surface area contributed by atoms with Crippen LogP contribution in [0.1, 0.15) is 12.0 Å². The molecule has 0 bridgehead atoms. The van der Waals surface area contributed by atoms with Crippen LogP contribution in [0.2, 0.25) is 0 Å². The molecule has 1 heterocycles. The number of nitrogens with one attached hydrogen (secondary N) is 2. The van der Waals surface area contributed by atoms with Gasteiger partial charge >= 0.3 is 0 Å². The van der Waals surface area contributed by atoms with Crippen LogP contribution in [-0.4, -0.2) is 25.5 Å². The Kier molecular flexibility index (Phi) is 5.18. The van der Waals surface area contributed by atoms with Gasteiger partial charge < -0.3 is 20.1 Å². The average molecular weight is 340 g/mol. The number of carbonyl (C=O) groups excluding carboxylic acids is 2. The van der Waals surface area contributed by atoms with Crippen molar-refractivity contribution in [2.45, 2.75) is 13.0 Å². The summed E-state index contributed by atoms with van der Waals surface area (Å²) in [6.07, 6.45) is 0.0732. The predicted molar refractivity (Wildman–Crippen MR) is 93.5 cm³/mol. The number of fused-ring (bicyclic) bond motifs is 1. The Bertz CT molecular complexity index is 776. The zero-order valence-corrected chi connectivity index (χ0v) is 14.0. The molecule has 2 aromatic rings. The SMILES string of the molecule is COc1cccc(CNC(=O)C[C@H]2COc3ccccc3NC2=O)c1. The van der Waals surface area contributed by atoms with Crippen LogP contribution in [0, 0.1) is 5.92 Å². The maximum Gasteiger partial charge on any atom is 0.231 e. The normalized spacial score (nSPS) is 16.0. The number of amides is 2. The minimum atomic E-state index is -0.530. The van der Waals surface area contributed by atoms with Gasteiger partial charge in [-0.2, -0.15) is 0 Å². The average Bonchev–Trinajstić information content (AvgIpc) is 2.79. The van der Waals surface area contributed by atoms with Gasteiger partial charge in [0.15, 0.2) is 0 Å². The molecular weight excluding hydrogens is 320 g/mol. The van der Waals surface area contributed by atoms with Crippen molar-refractivity contribution in [3.05, 3.63) is 54.1 Å². The summed E-state index contributed by atoms with van der Waals surface area (Å²) in [5.41, 5.74) is 1.56. The molecule has 0 unspecified atom stereocenters. The fourth-order valence-corrected chi connectivity index (χ4v) is 2.63. The third kappa shape index (κ3) is 4.29. The fourth-order valence-electron chi connectivity index (χ4n) is 2.63. The van der Waals surface area contributed by atoms with Gasteiger partial charge in [0.1, 0.15) is 18.1 Å². The van der Waals surface area contributed by atoms with Crippen molar-refractivity contribution in [2.75, 3.05) is 19.0 Å². The van der Waals surface area contributed by atoms with E-state index in [0.717, 1.165) is 11.3 Å². The summed E-state index contributed by atoms with van der Waals surface area (Å²) in [7, 11) is 1.60. The first kappa shape index (κ1) is 16.8. The van der Waals surface area contributed by atoms with Crippen molar-refractivity contribution in [3.63, 3.8) is 0 Å². The highest BCUT2D eigenvalue weighted by Crippen LogP contribution is 2.28. The van der Waals surface area contributed by atoms with Crippen molar-refractivity contribution in [2.24, 2.45) is 5.92 Å². The van der Waals surface area contributed by atoms with Crippen LogP contribution >= 0.6 is 0 Å². The monoisotopic (exact) mass is 340 g/mol. The molecule has 1 aliphatic rings. The van der Waals surface area contributed by atoms with Gasteiger partial charge in [-0.3, -0.25) is 9.59 Å². The topological polar surface area (TPSA) is 76.7 Å². The number of carbonyl (C=O) groups is 2.